The largest absolute Gasteiger partial charge is 0.464 e. The van der Waals surface area contributed by atoms with Gasteiger partial charge in [0.05, 0.1) is 6.26 Å². The number of rotatable bonds is 8. The lowest BCUT2D eigenvalue weighted by Crippen LogP contribution is -2.22. The lowest BCUT2D eigenvalue weighted by molar-refractivity contribution is 0.445. The Morgan fingerprint density at radius 3 is 2.70 bits per heavy atom. The fraction of sp³-hybridized carbons (Fsp3) is 0.556. The number of hydrogen-bond acceptors (Lipinski definition) is 2. The third-order valence-electron chi connectivity index (χ3n) is 3.80. The minimum Gasteiger partial charge on any atom is -0.464 e. The highest BCUT2D eigenvalue weighted by Crippen LogP contribution is 2.29. The van der Waals surface area contributed by atoms with Crippen molar-refractivity contribution in [2.45, 2.75) is 52.5 Å². The Bertz CT molecular complexity index is 515. The van der Waals surface area contributed by atoms with E-state index in [1.807, 2.05) is 18.4 Å². The summed E-state index contributed by atoms with van der Waals surface area (Å²) in [6.45, 7) is 7.86. The molecule has 1 atom stereocenters. The number of fused-ring (bicyclic) bond motifs is 1. The number of furan rings is 1. The summed E-state index contributed by atoms with van der Waals surface area (Å²) in [6, 6.07) is 8.74. The van der Waals surface area contributed by atoms with Gasteiger partial charge in [-0.1, -0.05) is 51.8 Å². The highest BCUT2D eigenvalue weighted by molar-refractivity contribution is 5.81. The van der Waals surface area contributed by atoms with Crippen molar-refractivity contribution in [1.29, 1.82) is 0 Å². The number of hydrogen-bond donors (Lipinski definition) is 1. The van der Waals surface area contributed by atoms with Crippen LogP contribution < -0.4 is 5.32 Å². The maximum absolute atomic E-state index is 5.70. The van der Waals surface area contributed by atoms with Gasteiger partial charge < -0.3 is 9.73 Å². The molecule has 0 bridgehead atoms. The van der Waals surface area contributed by atoms with E-state index in [1.54, 1.807) is 0 Å². The third-order valence-corrected chi connectivity index (χ3v) is 3.80. The highest BCUT2D eigenvalue weighted by Gasteiger charge is 2.16. The first-order valence-corrected chi connectivity index (χ1v) is 7.92. The molecule has 1 aromatic carbocycles. The molecular formula is C18H27NO. The molecule has 0 saturated heterocycles. The standard InChI is InChI=1S/C18H27NO/c1-4-12-19-17(10-7-8-14(2)3)16-13-20-18-11-6-5-9-15(16)18/h5-6,9,11,13-14,17,19H,4,7-8,10,12H2,1-3H3. The first-order valence-electron chi connectivity index (χ1n) is 7.92. The van der Waals surface area contributed by atoms with E-state index in [0.717, 1.165) is 24.5 Å². The Morgan fingerprint density at radius 2 is 1.95 bits per heavy atom. The summed E-state index contributed by atoms with van der Waals surface area (Å²) in [6.07, 6.45) is 6.84. The lowest BCUT2D eigenvalue weighted by Gasteiger charge is -2.18. The van der Waals surface area contributed by atoms with Crippen LogP contribution in [-0.4, -0.2) is 6.54 Å². The maximum atomic E-state index is 5.70. The summed E-state index contributed by atoms with van der Waals surface area (Å²) in [5.74, 6) is 0.780. The molecule has 0 aliphatic carbocycles. The van der Waals surface area contributed by atoms with Crippen LogP contribution in [0.1, 0.15) is 58.1 Å². The molecule has 1 N–H and O–H groups in total. The van der Waals surface area contributed by atoms with Crippen molar-refractivity contribution in [2.24, 2.45) is 5.92 Å². The van der Waals surface area contributed by atoms with Gasteiger partial charge in [-0.3, -0.25) is 0 Å². The molecule has 0 amide bonds. The molecule has 0 fully saturated rings. The zero-order chi connectivity index (χ0) is 14.4. The van der Waals surface area contributed by atoms with Crippen molar-refractivity contribution in [3.63, 3.8) is 0 Å². The Hall–Kier alpha value is -1.28. The smallest absolute Gasteiger partial charge is 0.134 e. The summed E-state index contributed by atoms with van der Waals surface area (Å²) in [7, 11) is 0. The quantitative estimate of drug-likeness (QED) is 0.706. The Kier molecular flexibility index (Phi) is 5.66. The normalized spacial score (nSPS) is 13.2. The van der Waals surface area contributed by atoms with E-state index >= 15 is 0 Å². The van der Waals surface area contributed by atoms with Crippen molar-refractivity contribution in [3.05, 3.63) is 36.1 Å². The molecule has 0 aliphatic heterocycles. The molecule has 2 heteroatoms. The topological polar surface area (TPSA) is 25.2 Å². The first-order chi connectivity index (χ1) is 9.72. The molecule has 0 aliphatic rings. The van der Waals surface area contributed by atoms with E-state index in [-0.39, 0.29) is 0 Å². The van der Waals surface area contributed by atoms with Gasteiger partial charge in [-0.2, -0.15) is 0 Å². The second-order valence-corrected chi connectivity index (χ2v) is 6.02. The predicted molar refractivity (Wildman–Crippen MR) is 85.9 cm³/mol. The van der Waals surface area contributed by atoms with Crippen molar-refractivity contribution < 1.29 is 4.42 Å². The minimum absolute atomic E-state index is 0.414. The predicted octanol–water partition coefficient (Wildman–Crippen LogP) is 5.30. The van der Waals surface area contributed by atoms with Gasteiger partial charge in [-0.25, -0.2) is 0 Å². The number of para-hydroxylation sites is 1. The van der Waals surface area contributed by atoms with Gasteiger partial charge in [0.25, 0.3) is 0 Å². The SMILES string of the molecule is CCCNC(CCCC(C)C)c1coc2ccccc12. The van der Waals surface area contributed by atoms with E-state index in [2.05, 4.69) is 38.2 Å². The fourth-order valence-corrected chi connectivity index (χ4v) is 2.68. The second kappa shape index (κ2) is 7.49. The van der Waals surface area contributed by atoms with Crippen LogP contribution in [0.3, 0.4) is 0 Å². The lowest BCUT2D eigenvalue weighted by atomic mass is 9.97. The van der Waals surface area contributed by atoms with Crippen molar-refractivity contribution in [1.82, 2.24) is 5.32 Å². The highest BCUT2D eigenvalue weighted by atomic mass is 16.3. The molecule has 20 heavy (non-hydrogen) atoms. The Labute approximate surface area is 122 Å². The van der Waals surface area contributed by atoms with Crippen LogP contribution in [0.2, 0.25) is 0 Å². The molecule has 1 heterocycles. The van der Waals surface area contributed by atoms with Crippen LogP contribution >= 0.6 is 0 Å². The van der Waals surface area contributed by atoms with Gasteiger partial charge in [0.2, 0.25) is 0 Å². The first kappa shape index (κ1) is 15.1. The van der Waals surface area contributed by atoms with Gasteiger partial charge >= 0.3 is 0 Å². The summed E-state index contributed by atoms with van der Waals surface area (Å²) < 4.78 is 5.70. The average Bonchev–Trinajstić information content (AvgIpc) is 2.86. The molecule has 0 radical (unpaired) electrons. The van der Waals surface area contributed by atoms with E-state index in [1.165, 1.54) is 30.2 Å². The molecule has 110 valence electrons. The van der Waals surface area contributed by atoms with Gasteiger partial charge in [-0.15, -0.1) is 0 Å². The van der Waals surface area contributed by atoms with Gasteiger partial charge in [0.15, 0.2) is 0 Å². The van der Waals surface area contributed by atoms with Crippen LogP contribution in [0.15, 0.2) is 34.9 Å². The molecule has 2 aromatic rings. The second-order valence-electron chi connectivity index (χ2n) is 6.02. The van der Waals surface area contributed by atoms with E-state index in [4.69, 9.17) is 4.42 Å². The van der Waals surface area contributed by atoms with Crippen LogP contribution in [0.4, 0.5) is 0 Å². The third kappa shape index (κ3) is 3.86. The van der Waals surface area contributed by atoms with Crippen molar-refractivity contribution in [2.75, 3.05) is 6.54 Å². The minimum atomic E-state index is 0.414. The summed E-state index contributed by atoms with van der Waals surface area (Å²) >= 11 is 0. The van der Waals surface area contributed by atoms with Gasteiger partial charge in [0.1, 0.15) is 5.58 Å². The van der Waals surface area contributed by atoms with Gasteiger partial charge in [-0.05, 0) is 31.4 Å². The van der Waals surface area contributed by atoms with E-state index in [9.17, 15) is 0 Å². The van der Waals surface area contributed by atoms with Crippen molar-refractivity contribution in [3.8, 4) is 0 Å². The number of nitrogens with one attached hydrogen (secondary N) is 1. The molecule has 2 nitrogen and oxygen atoms in total. The van der Waals surface area contributed by atoms with Crippen LogP contribution in [-0.2, 0) is 0 Å². The molecule has 0 spiro atoms. The number of benzene rings is 1. The molecule has 1 unspecified atom stereocenters. The summed E-state index contributed by atoms with van der Waals surface area (Å²) in [5.41, 5.74) is 2.31. The molecular weight excluding hydrogens is 246 g/mol. The van der Waals surface area contributed by atoms with E-state index in [0.29, 0.717) is 6.04 Å². The van der Waals surface area contributed by atoms with Crippen LogP contribution in [0, 0.1) is 5.92 Å². The van der Waals surface area contributed by atoms with E-state index < -0.39 is 0 Å². The average molecular weight is 273 g/mol. The maximum Gasteiger partial charge on any atom is 0.134 e. The zero-order valence-electron chi connectivity index (χ0n) is 13.0. The Balaban J connectivity index is 2.12. The Morgan fingerprint density at radius 1 is 1.15 bits per heavy atom. The van der Waals surface area contributed by atoms with Crippen LogP contribution in [0.5, 0.6) is 0 Å². The van der Waals surface area contributed by atoms with Gasteiger partial charge in [0, 0.05) is 17.0 Å². The fourth-order valence-electron chi connectivity index (χ4n) is 2.68. The van der Waals surface area contributed by atoms with Crippen LogP contribution in [0.25, 0.3) is 11.0 Å². The molecule has 2 rings (SSSR count). The molecule has 0 saturated carbocycles. The summed E-state index contributed by atoms with van der Waals surface area (Å²) in [4.78, 5) is 0. The molecule has 1 aromatic heterocycles. The summed E-state index contributed by atoms with van der Waals surface area (Å²) in [5, 5.41) is 4.93. The van der Waals surface area contributed by atoms with Crippen molar-refractivity contribution >= 4 is 11.0 Å². The zero-order valence-corrected chi connectivity index (χ0v) is 13.0. The monoisotopic (exact) mass is 273 g/mol.